The molecule has 2 heterocycles. The van der Waals surface area contributed by atoms with Crippen LogP contribution in [0.5, 0.6) is 0 Å². The summed E-state index contributed by atoms with van der Waals surface area (Å²) in [6.45, 7) is 0. The van der Waals surface area contributed by atoms with Crippen LogP contribution in [0.3, 0.4) is 0 Å². The Morgan fingerprint density at radius 2 is 1.75 bits per heavy atom. The molecule has 2 N–H and O–H groups in total. The number of carbonyl (C=O) groups excluding carboxylic acids is 2. The van der Waals surface area contributed by atoms with Crippen molar-refractivity contribution in [2.24, 2.45) is 0 Å². The maximum absolute atomic E-state index is 12.3. The Labute approximate surface area is 170 Å². The lowest BCUT2D eigenvalue weighted by molar-refractivity contribution is -0.116. The van der Waals surface area contributed by atoms with Crippen molar-refractivity contribution in [1.29, 1.82) is 0 Å². The predicted molar refractivity (Wildman–Crippen MR) is 111 cm³/mol. The fourth-order valence-electron chi connectivity index (χ4n) is 2.43. The van der Waals surface area contributed by atoms with E-state index in [0.717, 1.165) is 11.1 Å². The highest BCUT2D eigenvalue weighted by atomic mass is 32.2. The number of nitrogens with zero attached hydrogens (tertiary/aromatic N) is 1. The fraction of sp³-hybridized carbons (Fsp3) is 0.167. The SMILES string of the molecule is CS(=O)(=O)c1ccccc1NC(=O)Cc1csc(NC(=O)Cc2cccs2)n1. The lowest BCUT2D eigenvalue weighted by Gasteiger charge is -2.09. The van der Waals surface area contributed by atoms with E-state index in [2.05, 4.69) is 15.6 Å². The summed E-state index contributed by atoms with van der Waals surface area (Å²) in [7, 11) is -3.46. The Morgan fingerprint density at radius 3 is 2.46 bits per heavy atom. The van der Waals surface area contributed by atoms with Gasteiger partial charge in [-0.2, -0.15) is 0 Å². The topological polar surface area (TPSA) is 105 Å². The molecule has 0 spiro atoms. The van der Waals surface area contributed by atoms with Crippen molar-refractivity contribution in [1.82, 2.24) is 4.98 Å². The third-order valence-electron chi connectivity index (χ3n) is 3.62. The zero-order chi connectivity index (χ0) is 20.1. The predicted octanol–water partition coefficient (Wildman–Crippen LogP) is 2.97. The van der Waals surface area contributed by atoms with E-state index < -0.39 is 15.7 Å². The van der Waals surface area contributed by atoms with E-state index in [-0.39, 0.29) is 29.3 Å². The van der Waals surface area contributed by atoms with E-state index in [1.54, 1.807) is 17.5 Å². The molecule has 2 amide bonds. The first-order chi connectivity index (χ1) is 13.3. The molecule has 7 nitrogen and oxygen atoms in total. The number of rotatable bonds is 7. The van der Waals surface area contributed by atoms with E-state index in [1.165, 1.54) is 34.8 Å². The average molecular weight is 436 g/mol. The normalized spacial score (nSPS) is 11.2. The Bertz CT molecular complexity index is 1090. The van der Waals surface area contributed by atoms with E-state index >= 15 is 0 Å². The van der Waals surface area contributed by atoms with Gasteiger partial charge in [-0.1, -0.05) is 18.2 Å². The van der Waals surface area contributed by atoms with Gasteiger partial charge in [-0.3, -0.25) is 9.59 Å². The monoisotopic (exact) mass is 435 g/mol. The number of para-hydroxylation sites is 1. The first-order valence-electron chi connectivity index (χ1n) is 8.17. The first-order valence-corrected chi connectivity index (χ1v) is 11.8. The molecule has 146 valence electrons. The fourth-order valence-corrected chi connectivity index (χ4v) is 4.71. The molecule has 0 aliphatic rings. The van der Waals surface area contributed by atoms with Gasteiger partial charge in [0.1, 0.15) is 0 Å². The van der Waals surface area contributed by atoms with Crippen LogP contribution in [0.1, 0.15) is 10.6 Å². The molecular formula is C18H17N3O4S3. The summed E-state index contributed by atoms with van der Waals surface area (Å²) >= 11 is 2.74. The van der Waals surface area contributed by atoms with Crippen LogP contribution in [0.4, 0.5) is 10.8 Å². The lowest BCUT2D eigenvalue weighted by Crippen LogP contribution is -2.17. The number of thiazole rings is 1. The molecule has 2 aromatic heterocycles. The number of thiophene rings is 1. The number of anilines is 2. The molecule has 0 saturated carbocycles. The van der Waals surface area contributed by atoms with Crippen LogP contribution in [-0.4, -0.2) is 31.5 Å². The highest BCUT2D eigenvalue weighted by Gasteiger charge is 2.16. The van der Waals surface area contributed by atoms with E-state index in [0.29, 0.717) is 10.8 Å². The minimum atomic E-state index is -3.46. The second-order valence-corrected chi connectivity index (χ2v) is 9.82. The van der Waals surface area contributed by atoms with Gasteiger partial charge < -0.3 is 10.6 Å². The van der Waals surface area contributed by atoms with Crippen LogP contribution in [0, 0.1) is 0 Å². The smallest absolute Gasteiger partial charge is 0.231 e. The van der Waals surface area contributed by atoms with Crippen molar-refractivity contribution >= 4 is 55.1 Å². The summed E-state index contributed by atoms with van der Waals surface area (Å²) in [6, 6.07) is 9.98. The van der Waals surface area contributed by atoms with Gasteiger partial charge in [0.2, 0.25) is 11.8 Å². The molecule has 0 atom stereocenters. The average Bonchev–Trinajstić information content (AvgIpc) is 3.26. The summed E-state index contributed by atoms with van der Waals surface area (Å²) < 4.78 is 23.6. The molecule has 0 unspecified atom stereocenters. The van der Waals surface area contributed by atoms with Crippen LogP contribution in [-0.2, 0) is 32.3 Å². The molecule has 0 bridgehead atoms. The van der Waals surface area contributed by atoms with Crippen LogP contribution < -0.4 is 10.6 Å². The van der Waals surface area contributed by atoms with Gasteiger partial charge >= 0.3 is 0 Å². The molecule has 0 aliphatic carbocycles. The van der Waals surface area contributed by atoms with Gasteiger partial charge in [0.25, 0.3) is 0 Å². The molecule has 1 aromatic carbocycles. The summed E-state index contributed by atoms with van der Waals surface area (Å²) in [4.78, 5) is 29.5. The maximum atomic E-state index is 12.3. The van der Waals surface area contributed by atoms with Crippen LogP contribution in [0.15, 0.2) is 52.1 Å². The number of aromatic nitrogens is 1. The maximum Gasteiger partial charge on any atom is 0.231 e. The van der Waals surface area contributed by atoms with Crippen LogP contribution in [0.2, 0.25) is 0 Å². The molecule has 10 heteroatoms. The number of carbonyl (C=O) groups is 2. The van der Waals surface area contributed by atoms with Gasteiger partial charge in [-0.05, 0) is 23.6 Å². The first kappa shape index (κ1) is 20.2. The Morgan fingerprint density at radius 1 is 1.00 bits per heavy atom. The third kappa shape index (κ3) is 5.47. The lowest BCUT2D eigenvalue weighted by atomic mass is 10.3. The van der Waals surface area contributed by atoms with Gasteiger partial charge in [0.05, 0.1) is 29.1 Å². The van der Waals surface area contributed by atoms with Gasteiger partial charge in [-0.25, -0.2) is 13.4 Å². The molecule has 0 saturated heterocycles. The standard InChI is InChI=1S/C18H17N3O4S3/c1-28(24,25)15-7-3-2-6-14(15)20-16(22)9-12-11-27-18(19-12)21-17(23)10-13-5-4-8-26-13/h2-8,11H,9-10H2,1H3,(H,20,22)(H,19,21,23). The number of sulfone groups is 1. The summed E-state index contributed by atoms with van der Waals surface area (Å²) in [5, 5.41) is 9.33. The minimum absolute atomic E-state index is 0.0323. The van der Waals surface area contributed by atoms with Crippen molar-refractivity contribution in [2.45, 2.75) is 17.7 Å². The number of benzene rings is 1. The van der Waals surface area contributed by atoms with E-state index in [1.807, 2.05) is 17.5 Å². The zero-order valence-corrected chi connectivity index (χ0v) is 17.3. The number of amides is 2. The molecule has 3 rings (SSSR count). The highest BCUT2D eigenvalue weighted by molar-refractivity contribution is 7.90. The van der Waals surface area contributed by atoms with Crippen molar-refractivity contribution in [3.05, 3.63) is 57.7 Å². The molecule has 0 radical (unpaired) electrons. The Kier molecular flexibility index (Phi) is 6.22. The van der Waals surface area contributed by atoms with Crippen LogP contribution >= 0.6 is 22.7 Å². The Hall–Kier alpha value is -2.56. The van der Waals surface area contributed by atoms with Gasteiger partial charge in [-0.15, -0.1) is 22.7 Å². The van der Waals surface area contributed by atoms with Crippen molar-refractivity contribution in [2.75, 3.05) is 16.9 Å². The van der Waals surface area contributed by atoms with Crippen molar-refractivity contribution in [3.63, 3.8) is 0 Å². The van der Waals surface area contributed by atoms with Crippen LogP contribution in [0.25, 0.3) is 0 Å². The van der Waals surface area contributed by atoms with Gasteiger partial charge in [0, 0.05) is 16.5 Å². The summed E-state index contributed by atoms with van der Waals surface area (Å²) in [5.74, 6) is -0.562. The van der Waals surface area contributed by atoms with E-state index in [9.17, 15) is 18.0 Å². The van der Waals surface area contributed by atoms with Crippen molar-refractivity contribution in [3.8, 4) is 0 Å². The quantitative estimate of drug-likeness (QED) is 0.594. The molecular weight excluding hydrogens is 418 g/mol. The van der Waals surface area contributed by atoms with Gasteiger partial charge in [0.15, 0.2) is 15.0 Å². The summed E-state index contributed by atoms with van der Waals surface area (Å²) in [6.07, 6.45) is 1.33. The third-order valence-corrected chi connectivity index (χ3v) is 6.45. The number of hydrogen-bond donors (Lipinski definition) is 2. The molecule has 0 fully saturated rings. The zero-order valence-electron chi connectivity index (χ0n) is 14.8. The number of hydrogen-bond acceptors (Lipinski definition) is 7. The number of nitrogens with one attached hydrogen (secondary N) is 2. The largest absolute Gasteiger partial charge is 0.325 e. The second kappa shape index (κ2) is 8.63. The highest BCUT2D eigenvalue weighted by Crippen LogP contribution is 2.21. The molecule has 3 aromatic rings. The summed E-state index contributed by atoms with van der Waals surface area (Å²) in [5.41, 5.74) is 0.723. The van der Waals surface area contributed by atoms with E-state index in [4.69, 9.17) is 0 Å². The Balaban J connectivity index is 1.59. The molecule has 0 aliphatic heterocycles. The minimum Gasteiger partial charge on any atom is -0.325 e. The van der Waals surface area contributed by atoms with Crippen molar-refractivity contribution < 1.29 is 18.0 Å². The molecule has 28 heavy (non-hydrogen) atoms. The second-order valence-electron chi connectivity index (χ2n) is 5.94.